The molecule has 3 rings (SSSR count). The van der Waals surface area contributed by atoms with Gasteiger partial charge in [0.15, 0.2) is 0 Å². The number of nitrogens with zero attached hydrogens (tertiary/aromatic N) is 5. The van der Waals surface area contributed by atoms with Gasteiger partial charge in [0.2, 0.25) is 12.1 Å². The van der Waals surface area contributed by atoms with Crippen molar-refractivity contribution in [2.24, 2.45) is 5.10 Å². The summed E-state index contributed by atoms with van der Waals surface area (Å²) in [7, 11) is 0. The van der Waals surface area contributed by atoms with Gasteiger partial charge < -0.3 is 15.0 Å². The number of benzene rings is 1. The van der Waals surface area contributed by atoms with Crippen LogP contribution in [0.2, 0.25) is 0 Å². The summed E-state index contributed by atoms with van der Waals surface area (Å²) in [4.78, 5) is 25.9. The van der Waals surface area contributed by atoms with Gasteiger partial charge in [0.25, 0.3) is 0 Å². The number of hydrogen-bond acceptors (Lipinski definition) is 7. The molecule has 1 aromatic rings. The van der Waals surface area contributed by atoms with Gasteiger partial charge in [0.05, 0.1) is 31.0 Å². The lowest BCUT2D eigenvalue weighted by molar-refractivity contribution is -0.119. The van der Waals surface area contributed by atoms with Crippen LogP contribution in [0.25, 0.3) is 0 Å². The first-order valence-corrected chi connectivity index (χ1v) is 8.98. The molecule has 2 aliphatic heterocycles. The first-order chi connectivity index (χ1) is 13.5. The highest BCUT2D eigenvalue weighted by Gasteiger charge is 2.33. The fourth-order valence-corrected chi connectivity index (χ4v) is 2.69. The number of rotatable bonds is 4. The summed E-state index contributed by atoms with van der Waals surface area (Å²) in [5.41, 5.74) is 0.673. The summed E-state index contributed by atoms with van der Waals surface area (Å²) in [6.45, 7) is 6.58. The fraction of sp³-hybridized carbons (Fsp3) is 0.444. The van der Waals surface area contributed by atoms with Crippen LogP contribution in [-0.2, 0) is 9.53 Å². The molecule has 1 N–H and O–H groups in total. The third-order valence-electron chi connectivity index (χ3n) is 4.00. The number of carbonyl (C=O) groups excluding carboxylic acids is 2. The predicted molar refractivity (Wildman–Crippen MR) is 102 cm³/mol. The number of nitriles is 1. The van der Waals surface area contributed by atoms with E-state index in [2.05, 4.69) is 10.4 Å². The lowest BCUT2D eigenvalue weighted by Crippen LogP contribution is -2.36. The number of ether oxygens (including phenoxy) is 1. The molecule has 2 amide bonds. The minimum atomic E-state index is -0.586. The van der Waals surface area contributed by atoms with E-state index in [1.807, 2.05) is 20.0 Å². The second-order valence-electron chi connectivity index (χ2n) is 5.84. The molecule has 0 spiro atoms. The molecule has 150 valence electrons. The van der Waals surface area contributed by atoms with Crippen LogP contribution >= 0.6 is 0 Å². The lowest BCUT2D eigenvalue weighted by atomic mass is 10.2. The molecule has 2 aliphatic rings. The summed E-state index contributed by atoms with van der Waals surface area (Å²) < 4.78 is 19.7. The van der Waals surface area contributed by atoms with Crippen molar-refractivity contribution < 1.29 is 18.7 Å². The van der Waals surface area contributed by atoms with Crippen LogP contribution in [0.15, 0.2) is 23.3 Å². The van der Waals surface area contributed by atoms with Crippen LogP contribution in [0, 0.1) is 17.3 Å². The van der Waals surface area contributed by atoms with E-state index >= 15 is 0 Å². The van der Waals surface area contributed by atoms with E-state index in [-0.39, 0.29) is 19.0 Å². The average molecular weight is 390 g/mol. The molecule has 0 bridgehead atoms. The molecule has 9 nitrogen and oxygen atoms in total. The van der Waals surface area contributed by atoms with Crippen LogP contribution in [-0.4, -0.2) is 55.6 Å². The second-order valence-corrected chi connectivity index (χ2v) is 5.84. The molecule has 1 fully saturated rings. The minimum absolute atomic E-state index is 0.206. The quantitative estimate of drug-likeness (QED) is 0.788. The van der Waals surface area contributed by atoms with Gasteiger partial charge in [-0.25, -0.2) is 9.18 Å². The van der Waals surface area contributed by atoms with E-state index in [9.17, 15) is 14.0 Å². The molecule has 28 heavy (non-hydrogen) atoms. The van der Waals surface area contributed by atoms with Crippen molar-refractivity contribution >= 4 is 29.7 Å². The molecular formula is C18H23FN6O3. The van der Waals surface area contributed by atoms with Crippen LogP contribution < -0.4 is 15.1 Å². The molecule has 1 atom stereocenters. The van der Waals surface area contributed by atoms with Gasteiger partial charge in [-0.3, -0.25) is 9.69 Å². The van der Waals surface area contributed by atoms with E-state index in [0.717, 1.165) is 0 Å². The normalized spacial score (nSPS) is 18.2. The largest absolute Gasteiger partial charge is 0.442 e. The zero-order valence-electron chi connectivity index (χ0n) is 16.1. The highest BCUT2D eigenvalue weighted by molar-refractivity contribution is 5.90. The van der Waals surface area contributed by atoms with Gasteiger partial charge in [-0.1, -0.05) is 13.8 Å². The molecule has 0 aliphatic carbocycles. The van der Waals surface area contributed by atoms with Gasteiger partial charge in [0.1, 0.15) is 18.3 Å². The smallest absolute Gasteiger partial charge is 0.414 e. The maximum absolute atomic E-state index is 14.5. The highest BCUT2D eigenvalue weighted by atomic mass is 19.1. The highest BCUT2D eigenvalue weighted by Crippen LogP contribution is 2.28. The Morgan fingerprint density at radius 2 is 2.18 bits per heavy atom. The van der Waals surface area contributed by atoms with Gasteiger partial charge in [-0.15, -0.1) is 0 Å². The Labute approximate surface area is 162 Å². The van der Waals surface area contributed by atoms with Crippen molar-refractivity contribution in [2.45, 2.75) is 26.9 Å². The minimum Gasteiger partial charge on any atom is -0.442 e. The van der Waals surface area contributed by atoms with E-state index in [0.29, 0.717) is 24.5 Å². The molecule has 1 aromatic carbocycles. The number of halogens is 1. The number of hydrazone groups is 1. The van der Waals surface area contributed by atoms with Gasteiger partial charge in [-0.05, 0) is 18.2 Å². The third-order valence-corrected chi connectivity index (χ3v) is 4.00. The Bertz CT molecular complexity index is 794. The Morgan fingerprint density at radius 3 is 2.75 bits per heavy atom. The standard InChI is InChI=1S/C16H17FN6O3.C2H6/c1-11(24)19-7-13-8-23(16(25)26-13)12-2-3-15(14(17)6-12)21-4-5-22(9-18)20-10-21;1-2/h2-3,6,10,13H,4-5,7-8H2,1H3,(H,19,24);1-2H3. The third kappa shape index (κ3) is 4.88. The van der Waals surface area contributed by atoms with Crippen molar-refractivity contribution in [3.8, 4) is 6.19 Å². The summed E-state index contributed by atoms with van der Waals surface area (Å²) in [5.74, 6) is -0.731. The Hall–Kier alpha value is -3.35. The van der Waals surface area contributed by atoms with E-state index < -0.39 is 18.0 Å². The molecule has 0 saturated carbocycles. The predicted octanol–water partition coefficient (Wildman–Crippen LogP) is 1.86. The summed E-state index contributed by atoms with van der Waals surface area (Å²) in [6, 6.07) is 4.42. The molecule has 1 saturated heterocycles. The molecule has 1 unspecified atom stereocenters. The van der Waals surface area contributed by atoms with Crippen LogP contribution in [0.4, 0.5) is 20.6 Å². The van der Waals surface area contributed by atoms with Crippen molar-refractivity contribution in [3.63, 3.8) is 0 Å². The molecule has 0 radical (unpaired) electrons. The van der Waals surface area contributed by atoms with E-state index in [1.165, 1.54) is 29.2 Å². The number of nitrogens with one attached hydrogen (secondary N) is 1. The zero-order chi connectivity index (χ0) is 20.7. The second kappa shape index (κ2) is 9.55. The molecular weight excluding hydrogens is 367 g/mol. The van der Waals surface area contributed by atoms with Crippen molar-refractivity contribution in [2.75, 3.05) is 36.0 Å². The van der Waals surface area contributed by atoms with Crippen molar-refractivity contribution in [1.29, 1.82) is 5.26 Å². The number of hydrogen-bond donors (Lipinski definition) is 1. The maximum atomic E-state index is 14.5. The first-order valence-electron chi connectivity index (χ1n) is 8.98. The van der Waals surface area contributed by atoms with Gasteiger partial charge in [-0.2, -0.15) is 15.4 Å². The van der Waals surface area contributed by atoms with Crippen LogP contribution in [0.1, 0.15) is 20.8 Å². The Balaban J connectivity index is 0.00000136. The molecule has 2 heterocycles. The Kier molecular flexibility index (Phi) is 7.14. The lowest BCUT2D eigenvalue weighted by Gasteiger charge is -2.26. The fourth-order valence-electron chi connectivity index (χ4n) is 2.69. The molecule has 0 aromatic heterocycles. The molecule has 10 heteroatoms. The summed E-state index contributed by atoms with van der Waals surface area (Å²) in [6.07, 6.45) is 2.21. The number of cyclic esters (lactones) is 1. The van der Waals surface area contributed by atoms with Gasteiger partial charge in [0, 0.05) is 13.5 Å². The summed E-state index contributed by atoms with van der Waals surface area (Å²) in [5, 5.41) is 16.5. The SMILES string of the molecule is CC.CC(=O)NCC1CN(c2ccc(N3C=NN(C#N)CC3)c(F)c2)C(=O)O1. The maximum Gasteiger partial charge on any atom is 0.414 e. The van der Waals surface area contributed by atoms with Crippen LogP contribution in [0.5, 0.6) is 0 Å². The summed E-state index contributed by atoms with van der Waals surface area (Å²) >= 11 is 0. The van der Waals surface area contributed by atoms with Crippen LogP contribution in [0.3, 0.4) is 0 Å². The van der Waals surface area contributed by atoms with E-state index in [1.54, 1.807) is 17.0 Å². The first kappa shape index (κ1) is 21.0. The average Bonchev–Trinajstić information content (AvgIpc) is 3.08. The van der Waals surface area contributed by atoms with Gasteiger partial charge >= 0.3 is 6.09 Å². The van der Waals surface area contributed by atoms with Crippen molar-refractivity contribution in [3.05, 3.63) is 24.0 Å². The number of amides is 2. The van der Waals surface area contributed by atoms with E-state index in [4.69, 9.17) is 10.00 Å². The number of anilines is 2. The monoisotopic (exact) mass is 390 g/mol. The Morgan fingerprint density at radius 1 is 1.43 bits per heavy atom. The zero-order valence-corrected chi connectivity index (χ0v) is 16.1. The number of carbonyl (C=O) groups is 2. The topological polar surface area (TPSA) is 101 Å². The van der Waals surface area contributed by atoms with Crippen molar-refractivity contribution in [1.82, 2.24) is 10.3 Å².